The molecule has 0 unspecified atom stereocenters. The van der Waals surface area contributed by atoms with Crippen LogP contribution in [0.25, 0.3) is 10.2 Å². The van der Waals surface area contributed by atoms with Crippen molar-refractivity contribution in [2.45, 2.75) is 0 Å². The Hall–Kier alpha value is -2.34. The van der Waals surface area contributed by atoms with E-state index in [1.165, 1.54) is 29.7 Å². The van der Waals surface area contributed by atoms with Crippen molar-refractivity contribution in [1.29, 1.82) is 0 Å². The maximum absolute atomic E-state index is 13.4. The van der Waals surface area contributed by atoms with Crippen molar-refractivity contribution >= 4 is 32.9 Å². The van der Waals surface area contributed by atoms with Crippen LogP contribution < -0.4 is 5.43 Å². The number of nitrogens with zero attached hydrogens (tertiary/aromatic N) is 2. The lowest BCUT2D eigenvalue weighted by molar-refractivity contribution is 0.582. The van der Waals surface area contributed by atoms with E-state index >= 15 is 0 Å². The average Bonchev–Trinajstić information content (AvgIpc) is 2.84. The molecule has 0 aliphatic heterocycles. The van der Waals surface area contributed by atoms with Gasteiger partial charge in [0.25, 0.3) is 0 Å². The van der Waals surface area contributed by atoms with Crippen LogP contribution in [0.4, 0.5) is 13.9 Å². The number of hydrazone groups is 1. The number of rotatable bonds is 3. The Balaban J connectivity index is 1.76. The van der Waals surface area contributed by atoms with Crippen molar-refractivity contribution in [1.82, 2.24) is 4.98 Å². The monoisotopic (exact) mass is 289 g/mol. The van der Waals surface area contributed by atoms with Crippen molar-refractivity contribution in [2.24, 2.45) is 5.10 Å². The summed E-state index contributed by atoms with van der Waals surface area (Å²) in [7, 11) is 0. The van der Waals surface area contributed by atoms with Crippen molar-refractivity contribution < 1.29 is 8.78 Å². The first-order valence-electron chi connectivity index (χ1n) is 5.82. The van der Waals surface area contributed by atoms with E-state index in [4.69, 9.17) is 0 Å². The molecular weight excluding hydrogens is 280 g/mol. The minimum absolute atomic E-state index is 0.208. The van der Waals surface area contributed by atoms with Gasteiger partial charge in [-0.3, -0.25) is 5.43 Å². The molecule has 100 valence electrons. The third-order valence-electron chi connectivity index (χ3n) is 2.62. The van der Waals surface area contributed by atoms with Gasteiger partial charge in [-0.1, -0.05) is 23.5 Å². The third kappa shape index (κ3) is 2.65. The number of aromatic nitrogens is 1. The Bertz CT molecular complexity index is 750. The summed E-state index contributed by atoms with van der Waals surface area (Å²) in [4.78, 5) is 4.32. The van der Waals surface area contributed by atoms with Gasteiger partial charge in [0.15, 0.2) is 0 Å². The number of hydrogen-bond acceptors (Lipinski definition) is 4. The topological polar surface area (TPSA) is 37.3 Å². The van der Waals surface area contributed by atoms with Gasteiger partial charge in [-0.25, -0.2) is 13.8 Å². The van der Waals surface area contributed by atoms with Gasteiger partial charge in [0.2, 0.25) is 5.13 Å². The summed E-state index contributed by atoms with van der Waals surface area (Å²) >= 11 is 1.45. The summed E-state index contributed by atoms with van der Waals surface area (Å²) in [5, 5.41) is 4.52. The fourth-order valence-electron chi connectivity index (χ4n) is 1.68. The summed E-state index contributed by atoms with van der Waals surface area (Å²) in [5.41, 5.74) is 3.83. The third-order valence-corrected chi connectivity index (χ3v) is 3.56. The zero-order chi connectivity index (χ0) is 13.9. The normalized spacial score (nSPS) is 11.3. The first-order chi connectivity index (χ1) is 9.72. The Morgan fingerprint density at radius 1 is 1.15 bits per heavy atom. The van der Waals surface area contributed by atoms with Crippen LogP contribution >= 0.6 is 11.3 Å². The van der Waals surface area contributed by atoms with E-state index in [9.17, 15) is 8.78 Å². The number of para-hydroxylation sites is 1. The molecule has 3 aromatic rings. The first-order valence-corrected chi connectivity index (χ1v) is 6.64. The van der Waals surface area contributed by atoms with Crippen molar-refractivity contribution in [3.8, 4) is 0 Å². The van der Waals surface area contributed by atoms with Gasteiger partial charge in [0, 0.05) is 11.6 Å². The van der Waals surface area contributed by atoms with E-state index in [-0.39, 0.29) is 5.56 Å². The summed E-state index contributed by atoms with van der Waals surface area (Å²) in [5.74, 6) is -1.27. The minimum atomic E-state index is -0.653. The molecule has 0 atom stereocenters. The number of nitrogens with one attached hydrogen (secondary N) is 1. The Morgan fingerprint density at radius 3 is 2.80 bits per heavy atom. The van der Waals surface area contributed by atoms with E-state index in [0.717, 1.165) is 16.3 Å². The molecule has 0 aliphatic rings. The minimum Gasteiger partial charge on any atom is -0.253 e. The van der Waals surface area contributed by atoms with E-state index in [2.05, 4.69) is 15.5 Å². The predicted octanol–water partition coefficient (Wildman–Crippen LogP) is 4.02. The van der Waals surface area contributed by atoms with E-state index < -0.39 is 11.6 Å². The molecule has 0 bridgehead atoms. The van der Waals surface area contributed by atoms with Gasteiger partial charge in [-0.05, 0) is 24.3 Å². The molecule has 0 saturated heterocycles. The van der Waals surface area contributed by atoms with Crippen LogP contribution in [0, 0.1) is 11.6 Å². The van der Waals surface area contributed by atoms with E-state index in [1.807, 2.05) is 24.3 Å². The van der Waals surface area contributed by atoms with Gasteiger partial charge < -0.3 is 0 Å². The highest BCUT2D eigenvalue weighted by Crippen LogP contribution is 2.25. The molecule has 0 spiro atoms. The molecule has 0 saturated carbocycles. The van der Waals surface area contributed by atoms with Crippen LogP contribution in [-0.2, 0) is 0 Å². The molecule has 0 radical (unpaired) electrons. The number of hydrogen-bond donors (Lipinski definition) is 1. The molecule has 2 aromatic carbocycles. The summed E-state index contributed by atoms with van der Waals surface area (Å²) in [6.45, 7) is 0. The SMILES string of the molecule is Fc1ccc(C=NNc2nc3ccccc3s2)c(F)c1. The average molecular weight is 289 g/mol. The molecule has 1 N–H and O–H groups in total. The number of anilines is 1. The quantitative estimate of drug-likeness (QED) is 0.584. The number of benzene rings is 2. The van der Waals surface area contributed by atoms with Crippen LogP contribution in [0.1, 0.15) is 5.56 Å². The van der Waals surface area contributed by atoms with Crippen LogP contribution in [0.5, 0.6) is 0 Å². The molecular formula is C14H9F2N3S. The Morgan fingerprint density at radius 2 is 2.00 bits per heavy atom. The van der Waals surface area contributed by atoms with Gasteiger partial charge in [-0.15, -0.1) is 0 Å². The molecule has 20 heavy (non-hydrogen) atoms. The molecule has 0 aliphatic carbocycles. The zero-order valence-electron chi connectivity index (χ0n) is 10.2. The van der Waals surface area contributed by atoms with Crippen molar-refractivity contribution in [3.63, 3.8) is 0 Å². The van der Waals surface area contributed by atoms with Gasteiger partial charge in [0.05, 0.1) is 16.4 Å². The molecule has 6 heteroatoms. The lowest BCUT2D eigenvalue weighted by atomic mass is 10.2. The lowest BCUT2D eigenvalue weighted by Crippen LogP contribution is -1.93. The van der Waals surface area contributed by atoms with Crippen molar-refractivity contribution in [3.05, 3.63) is 59.7 Å². The molecule has 3 nitrogen and oxygen atoms in total. The smallest absolute Gasteiger partial charge is 0.204 e. The highest BCUT2D eigenvalue weighted by Gasteiger charge is 2.02. The number of halogens is 2. The Labute approximate surface area is 117 Å². The molecule has 3 rings (SSSR count). The lowest BCUT2D eigenvalue weighted by Gasteiger charge is -1.96. The molecule has 0 amide bonds. The second kappa shape index (κ2) is 5.34. The van der Waals surface area contributed by atoms with Gasteiger partial charge in [0.1, 0.15) is 11.6 Å². The second-order valence-corrected chi connectivity index (χ2v) is 5.05. The zero-order valence-corrected chi connectivity index (χ0v) is 11.0. The maximum atomic E-state index is 13.4. The highest BCUT2D eigenvalue weighted by atomic mass is 32.1. The second-order valence-electron chi connectivity index (χ2n) is 4.02. The summed E-state index contributed by atoms with van der Waals surface area (Å²) < 4.78 is 27.2. The highest BCUT2D eigenvalue weighted by molar-refractivity contribution is 7.22. The summed E-state index contributed by atoms with van der Waals surface area (Å²) in [6.07, 6.45) is 1.29. The molecule has 0 fully saturated rings. The van der Waals surface area contributed by atoms with Crippen molar-refractivity contribution in [2.75, 3.05) is 5.43 Å². The van der Waals surface area contributed by atoms with Gasteiger partial charge >= 0.3 is 0 Å². The van der Waals surface area contributed by atoms with Crippen LogP contribution in [0.2, 0.25) is 0 Å². The van der Waals surface area contributed by atoms with Gasteiger partial charge in [-0.2, -0.15) is 5.10 Å². The van der Waals surface area contributed by atoms with Crippen LogP contribution in [0.3, 0.4) is 0 Å². The fourth-order valence-corrected chi connectivity index (χ4v) is 2.50. The number of thiazole rings is 1. The number of fused-ring (bicyclic) bond motifs is 1. The van der Waals surface area contributed by atoms with Crippen LogP contribution in [-0.4, -0.2) is 11.2 Å². The molecule has 1 aromatic heterocycles. The summed E-state index contributed by atoms with van der Waals surface area (Å²) in [6, 6.07) is 11.0. The van der Waals surface area contributed by atoms with E-state index in [1.54, 1.807) is 0 Å². The molecule has 1 heterocycles. The van der Waals surface area contributed by atoms with Crippen LogP contribution in [0.15, 0.2) is 47.6 Å². The maximum Gasteiger partial charge on any atom is 0.204 e. The standard InChI is InChI=1S/C14H9F2N3S/c15-10-6-5-9(11(16)7-10)8-17-19-14-18-12-3-1-2-4-13(12)20-14/h1-8H,(H,18,19). The fraction of sp³-hybridized carbons (Fsp3) is 0. The van der Waals surface area contributed by atoms with E-state index in [0.29, 0.717) is 5.13 Å². The predicted molar refractivity (Wildman–Crippen MR) is 77.2 cm³/mol. The Kier molecular flexibility index (Phi) is 3.39. The first kappa shape index (κ1) is 12.7. The largest absolute Gasteiger partial charge is 0.253 e.